The molecule has 0 aromatic heterocycles. The maximum Gasteiger partial charge on any atom is 0.326 e. The van der Waals surface area contributed by atoms with Crippen LogP contribution in [-0.4, -0.2) is 69.9 Å². The molecule has 0 aliphatic carbocycles. The molecule has 0 aromatic rings. The van der Waals surface area contributed by atoms with Gasteiger partial charge in [0.05, 0.1) is 12.1 Å². The van der Waals surface area contributed by atoms with Crippen LogP contribution in [0.5, 0.6) is 0 Å². The molecule has 0 heterocycles. The fourth-order valence-corrected chi connectivity index (χ4v) is 2.64. The van der Waals surface area contributed by atoms with Gasteiger partial charge in [0.1, 0.15) is 18.1 Å². The second-order valence-corrected chi connectivity index (χ2v) is 8.13. The van der Waals surface area contributed by atoms with Gasteiger partial charge in [0.25, 0.3) is 0 Å². The summed E-state index contributed by atoms with van der Waals surface area (Å²) in [6.45, 7) is 8.41. The lowest BCUT2D eigenvalue weighted by Crippen LogP contribution is -2.60. The SMILES string of the molecule is CC(C)CC(NC(=O)C(CS)NC(=O)C(NC(=O)C(N)C(C)C)C(C)O)C(=O)O. The summed E-state index contributed by atoms with van der Waals surface area (Å²) in [5.41, 5.74) is 5.75. The van der Waals surface area contributed by atoms with Crippen molar-refractivity contribution in [1.82, 2.24) is 16.0 Å². The summed E-state index contributed by atoms with van der Waals surface area (Å²) in [4.78, 5) is 48.4. The summed E-state index contributed by atoms with van der Waals surface area (Å²) in [6.07, 6.45) is -1.04. The Bertz CT molecular complexity index is 585. The Morgan fingerprint density at radius 1 is 0.897 bits per heavy atom. The van der Waals surface area contributed by atoms with Gasteiger partial charge >= 0.3 is 5.97 Å². The third-order valence-electron chi connectivity index (χ3n) is 4.22. The molecule has 0 fully saturated rings. The van der Waals surface area contributed by atoms with Gasteiger partial charge in [-0.1, -0.05) is 27.7 Å². The topological polar surface area (TPSA) is 171 Å². The van der Waals surface area contributed by atoms with E-state index in [0.717, 1.165) is 0 Å². The van der Waals surface area contributed by atoms with Gasteiger partial charge in [-0.15, -0.1) is 0 Å². The van der Waals surface area contributed by atoms with E-state index < -0.39 is 54.0 Å². The van der Waals surface area contributed by atoms with Crippen molar-refractivity contribution >= 4 is 36.3 Å². The van der Waals surface area contributed by atoms with Crippen molar-refractivity contribution in [2.24, 2.45) is 17.6 Å². The zero-order valence-corrected chi connectivity index (χ0v) is 18.4. The third-order valence-corrected chi connectivity index (χ3v) is 4.59. The van der Waals surface area contributed by atoms with Gasteiger partial charge in [-0.05, 0) is 25.2 Å². The Morgan fingerprint density at radius 3 is 1.79 bits per heavy atom. The van der Waals surface area contributed by atoms with Crippen LogP contribution in [0.2, 0.25) is 0 Å². The number of amides is 3. The van der Waals surface area contributed by atoms with E-state index in [1.165, 1.54) is 6.92 Å². The molecule has 0 bridgehead atoms. The molecule has 0 saturated carbocycles. The highest BCUT2D eigenvalue weighted by molar-refractivity contribution is 7.80. The first-order valence-corrected chi connectivity index (χ1v) is 10.1. The van der Waals surface area contributed by atoms with Gasteiger partial charge in [0.2, 0.25) is 17.7 Å². The number of hydrogen-bond acceptors (Lipinski definition) is 7. The summed E-state index contributed by atoms with van der Waals surface area (Å²) in [7, 11) is 0. The maximum absolute atomic E-state index is 12.5. The molecule has 0 aliphatic rings. The lowest BCUT2D eigenvalue weighted by Gasteiger charge is -2.26. The highest BCUT2D eigenvalue weighted by Gasteiger charge is 2.32. The predicted octanol–water partition coefficient (Wildman–Crippen LogP) is -1.13. The number of aliphatic hydroxyl groups excluding tert-OH is 1. The summed E-state index contributed by atoms with van der Waals surface area (Å²) in [5, 5.41) is 26.3. The Hall–Kier alpha value is -1.85. The van der Waals surface area contributed by atoms with E-state index in [-0.39, 0.29) is 24.0 Å². The number of carboxylic acid groups (broad SMARTS) is 1. The summed E-state index contributed by atoms with van der Waals surface area (Å²) in [5.74, 6) is -3.61. The Labute approximate surface area is 176 Å². The number of aliphatic carboxylic acids is 1. The minimum atomic E-state index is -1.34. The molecule has 0 spiro atoms. The number of carbonyl (C=O) groups is 4. The van der Waals surface area contributed by atoms with Gasteiger partial charge in [-0.25, -0.2) is 4.79 Å². The van der Waals surface area contributed by atoms with Crippen LogP contribution in [0.1, 0.15) is 41.0 Å². The van der Waals surface area contributed by atoms with E-state index in [9.17, 15) is 29.4 Å². The number of nitrogens with two attached hydrogens (primary N) is 1. The van der Waals surface area contributed by atoms with Crippen LogP contribution in [0.15, 0.2) is 0 Å². The zero-order valence-electron chi connectivity index (χ0n) is 17.5. The molecule has 0 saturated heterocycles. The second-order valence-electron chi connectivity index (χ2n) is 7.77. The van der Waals surface area contributed by atoms with Crippen molar-refractivity contribution in [2.45, 2.75) is 71.3 Å². The molecular formula is C18H34N4O6S. The van der Waals surface area contributed by atoms with Crippen LogP contribution in [-0.2, 0) is 19.2 Å². The molecule has 0 rings (SSSR count). The van der Waals surface area contributed by atoms with Gasteiger partial charge < -0.3 is 31.9 Å². The quantitative estimate of drug-likeness (QED) is 0.190. The van der Waals surface area contributed by atoms with E-state index in [1.807, 2.05) is 13.8 Å². The van der Waals surface area contributed by atoms with Crippen LogP contribution >= 0.6 is 12.6 Å². The maximum atomic E-state index is 12.5. The molecule has 5 atom stereocenters. The van der Waals surface area contributed by atoms with Crippen LogP contribution in [0.25, 0.3) is 0 Å². The highest BCUT2D eigenvalue weighted by Crippen LogP contribution is 2.06. The Kier molecular flexibility index (Phi) is 11.8. The van der Waals surface area contributed by atoms with E-state index in [1.54, 1.807) is 13.8 Å². The van der Waals surface area contributed by atoms with Crippen LogP contribution < -0.4 is 21.7 Å². The summed E-state index contributed by atoms with van der Waals surface area (Å²) in [6, 6.07) is -4.48. The smallest absolute Gasteiger partial charge is 0.326 e. The standard InChI is InChI=1S/C18H34N4O6S/c1-8(2)6-11(18(27)28)20-15(24)12(7-29)21-17(26)14(10(5)23)22-16(25)13(19)9(3)4/h8-14,23,29H,6-7,19H2,1-5H3,(H,20,24)(H,21,26)(H,22,25)(H,27,28). The van der Waals surface area contributed by atoms with Crippen molar-refractivity contribution < 1.29 is 29.4 Å². The first kappa shape index (κ1) is 27.1. The Balaban J connectivity index is 5.17. The fraction of sp³-hybridized carbons (Fsp3) is 0.778. The minimum absolute atomic E-state index is 0.0282. The molecule has 5 unspecified atom stereocenters. The van der Waals surface area contributed by atoms with Gasteiger partial charge in [-0.3, -0.25) is 14.4 Å². The Morgan fingerprint density at radius 2 is 1.41 bits per heavy atom. The molecule has 0 aromatic carbocycles. The zero-order chi connectivity index (χ0) is 22.9. The molecule has 0 radical (unpaired) electrons. The molecular weight excluding hydrogens is 400 g/mol. The average Bonchev–Trinajstić information content (AvgIpc) is 2.61. The van der Waals surface area contributed by atoms with Crippen molar-refractivity contribution in [3.05, 3.63) is 0 Å². The van der Waals surface area contributed by atoms with E-state index in [2.05, 4.69) is 28.6 Å². The number of nitrogens with one attached hydrogen (secondary N) is 3. The van der Waals surface area contributed by atoms with Gasteiger partial charge in [-0.2, -0.15) is 12.6 Å². The number of carboxylic acids is 1. The van der Waals surface area contributed by atoms with Crippen molar-refractivity contribution in [3.8, 4) is 0 Å². The fourth-order valence-electron chi connectivity index (χ4n) is 2.38. The molecule has 3 amide bonds. The van der Waals surface area contributed by atoms with Gasteiger partial charge in [0, 0.05) is 5.75 Å². The second kappa shape index (κ2) is 12.7. The molecule has 29 heavy (non-hydrogen) atoms. The first-order valence-electron chi connectivity index (χ1n) is 9.50. The molecule has 168 valence electrons. The first-order chi connectivity index (χ1) is 13.3. The van der Waals surface area contributed by atoms with E-state index in [0.29, 0.717) is 0 Å². The van der Waals surface area contributed by atoms with Crippen LogP contribution in [0.3, 0.4) is 0 Å². The molecule has 11 heteroatoms. The van der Waals surface area contributed by atoms with Crippen molar-refractivity contribution in [3.63, 3.8) is 0 Å². The number of hydrogen-bond donors (Lipinski definition) is 7. The van der Waals surface area contributed by atoms with Gasteiger partial charge in [0.15, 0.2) is 0 Å². The highest BCUT2D eigenvalue weighted by atomic mass is 32.1. The lowest BCUT2D eigenvalue weighted by molar-refractivity contribution is -0.142. The van der Waals surface area contributed by atoms with Crippen LogP contribution in [0.4, 0.5) is 0 Å². The largest absolute Gasteiger partial charge is 0.480 e. The number of aliphatic hydroxyl groups is 1. The van der Waals surface area contributed by atoms with Crippen molar-refractivity contribution in [1.29, 1.82) is 0 Å². The number of carbonyl (C=O) groups excluding carboxylic acids is 3. The molecule has 10 nitrogen and oxygen atoms in total. The number of rotatable bonds is 12. The van der Waals surface area contributed by atoms with E-state index in [4.69, 9.17) is 5.73 Å². The monoisotopic (exact) mass is 434 g/mol. The van der Waals surface area contributed by atoms with Crippen LogP contribution in [0, 0.1) is 11.8 Å². The lowest BCUT2D eigenvalue weighted by atomic mass is 10.0. The van der Waals surface area contributed by atoms with Crippen molar-refractivity contribution in [2.75, 3.05) is 5.75 Å². The summed E-state index contributed by atoms with van der Waals surface area (Å²) < 4.78 is 0. The minimum Gasteiger partial charge on any atom is -0.480 e. The van der Waals surface area contributed by atoms with E-state index >= 15 is 0 Å². The number of thiol groups is 1. The summed E-state index contributed by atoms with van der Waals surface area (Å²) >= 11 is 4.03. The predicted molar refractivity (Wildman–Crippen MR) is 111 cm³/mol. The molecule has 0 aliphatic heterocycles. The normalized spacial score (nSPS) is 16.5. The molecule has 7 N–H and O–H groups in total. The average molecular weight is 435 g/mol. The third kappa shape index (κ3) is 9.46.